The van der Waals surface area contributed by atoms with Gasteiger partial charge in [-0.05, 0) is 38.9 Å². The Hall–Kier alpha value is 0.270. The molecular weight excluding hydrogens is 206 g/mol. The van der Waals surface area contributed by atoms with Crippen LogP contribution in [0.3, 0.4) is 0 Å². The third-order valence-corrected chi connectivity index (χ3v) is 4.59. The first-order chi connectivity index (χ1) is 7.17. The molecule has 0 saturated heterocycles. The quantitative estimate of drug-likeness (QED) is 0.759. The first-order valence-electron chi connectivity index (χ1n) is 6.07. The normalized spacial score (nSPS) is 30.4. The fourth-order valence-electron chi connectivity index (χ4n) is 2.19. The van der Waals surface area contributed by atoms with E-state index in [2.05, 4.69) is 37.8 Å². The maximum absolute atomic E-state index is 5.33. The second kappa shape index (κ2) is 6.77. The second-order valence-corrected chi connectivity index (χ2v) is 6.06. The van der Waals surface area contributed by atoms with Crippen molar-refractivity contribution in [2.75, 3.05) is 12.9 Å². The lowest BCUT2D eigenvalue weighted by Gasteiger charge is -2.24. The number of hydrogen-bond acceptors (Lipinski definition) is 3. The van der Waals surface area contributed by atoms with Gasteiger partial charge in [0, 0.05) is 24.4 Å². The van der Waals surface area contributed by atoms with Crippen LogP contribution >= 0.6 is 11.8 Å². The van der Waals surface area contributed by atoms with Crippen LogP contribution in [0.2, 0.25) is 0 Å². The number of hydrogen-bond donors (Lipinski definition) is 1. The molecule has 1 saturated carbocycles. The number of methoxy groups -OCH3 is 1. The highest BCUT2D eigenvalue weighted by atomic mass is 32.2. The van der Waals surface area contributed by atoms with Gasteiger partial charge in [0.25, 0.3) is 0 Å². The van der Waals surface area contributed by atoms with Crippen LogP contribution in [0.1, 0.15) is 40.0 Å². The minimum Gasteiger partial charge on any atom is -0.380 e. The highest BCUT2D eigenvalue weighted by Gasteiger charge is 2.26. The maximum atomic E-state index is 5.33. The summed E-state index contributed by atoms with van der Waals surface area (Å²) in [4.78, 5) is 0. The summed E-state index contributed by atoms with van der Waals surface area (Å²) in [6.07, 6.45) is 4.35. The Bertz CT molecular complexity index is 177. The van der Waals surface area contributed by atoms with Gasteiger partial charge >= 0.3 is 0 Å². The number of nitrogens with one attached hydrogen (secondary N) is 1. The van der Waals surface area contributed by atoms with E-state index in [1.165, 1.54) is 25.0 Å². The molecule has 0 amide bonds. The van der Waals surface area contributed by atoms with E-state index < -0.39 is 0 Å². The molecule has 4 atom stereocenters. The molecule has 0 bridgehead atoms. The summed E-state index contributed by atoms with van der Waals surface area (Å²) in [5.41, 5.74) is 0. The van der Waals surface area contributed by atoms with Crippen LogP contribution in [0, 0.1) is 0 Å². The predicted molar refractivity (Wildman–Crippen MR) is 68.6 cm³/mol. The molecule has 0 aromatic heterocycles. The van der Waals surface area contributed by atoms with E-state index in [1.807, 2.05) is 0 Å². The van der Waals surface area contributed by atoms with Gasteiger partial charge in [-0.3, -0.25) is 0 Å². The Morgan fingerprint density at radius 2 is 2.13 bits per heavy atom. The van der Waals surface area contributed by atoms with Crippen LogP contribution in [0.25, 0.3) is 0 Å². The SMILES string of the molecule is CCSC1CCC(NC(C)C(C)OC)C1. The summed E-state index contributed by atoms with van der Waals surface area (Å²) in [6.45, 7) is 6.60. The van der Waals surface area contributed by atoms with Crippen LogP contribution in [-0.2, 0) is 4.74 Å². The first kappa shape index (κ1) is 13.3. The predicted octanol–water partition coefficient (Wildman–Crippen LogP) is 2.67. The molecule has 1 aliphatic rings. The summed E-state index contributed by atoms with van der Waals surface area (Å²) < 4.78 is 5.33. The topological polar surface area (TPSA) is 21.3 Å². The molecule has 0 aromatic rings. The van der Waals surface area contributed by atoms with Gasteiger partial charge in [-0.1, -0.05) is 6.92 Å². The zero-order chi connectivity index (χ0) is 11.3. The van der Waals surface area contributed by atoms with Crippen molar-refractivity contribution in [1.82, 2.24) is 5.32 Å². The molecule has 1 N–H and O–H groups in total. The molecule has 0 radical (unpaired) electrons. The molecule has 1 aliphatic carbocycles. The summed E-state index contributed by atoms with van der Waals surface area (Å²) in [7, 11) is 1.78. The highest BCUT2D eigenvalue weighted by Crippen LogP contribution is 2.29. The van der Waals surface area contributed by atoms with Crippen LogP contribution in [0.5, 0.6) is 0 Å². The van der Waals surface area contributed by atoms with Gasteiger partial charge in [0.2, 0.25) is 0 Å². The fourth-order valence-corrected chi connectivity index (χ4v) is 3.33. The average molecular weight is 231 g/mol. The Labute approximate surface area is 98.5 Å². The Balaban J connectivity index is 2.23. The Morgan fingerprint density at radius 1 is 1.40 bits per heavy atom. The molecule has 0 aromatic carbocycles. The smallest absolute Gasteiger partial charge is 0.0693 e. The van der Waals surface area contributed by atoms with Crippen molar-refractivity contribution in [3.05, 3.63) is 0 Å². The second-order valence-electron chi connectivity index (χ2n) is 4.48. The summed E-state index contributed by atoms with van der Waals surface area (Å²) >= 11 is 2.11. The van der Waals surface area contributed by atoms with Crippen molar-refractivity contribution >= 4 is 11.8 Å². The van der Waals surface area contributed by atoms with Crippen LogP contribution in [-0.4, -0.2) is 36.3 Å². The van der Waals surface area contributed by atoms with Crippen molar-refractivity contribution in [3.63, 3.8) is 0 Å². The van der Waals surface area contributed by atoms with Crippen molar-refractivity contribution < 1.29 is 4.74 Å². The van der Waals surface area contributed by atoms with Crippen LogP contribution in [0.4, 0.5) is 0 Å². The average Bonchev–Trinajstić information content (AvgIpc) is 2.65. The summed E-state index contributed by atoms with van der Waals surface area (Å²) in [6, 6.07) is 1.17. The number of rotatable bonds is 6. The monoisotopic (exact) mass is 231 g/mol. The molecule has 15 heavy (non-hydrogen) atoms. The van der Waals surface area contributed by atoms with Gasteiger partial charge in [-0.25, -0.2) is 0 Å². The summed E-state index contributed by atoms with van der Waals surface area (Å²) in [5.74, 6) is 1.25. The van der Waals surface area contributed by atoms with Crippen molar-refractivity contribution in [2.24, 2.45) is 0 Å². The lowest BCUT2D eigenvalue weighted by Crippen LogP contribution is -2.42. The van der Waals surface area contributed by atoms with Gasteiger partial charge in [0.15, 0.2) is 0 Å². The minimum absolute atomic E-state index is 0.308. The van der Waals surface area contributed by atoms with E-state index in [1.54, 1.807) is 7.11 Å². The molecule has 0 spiro atoms. The van der Waals surface area contributed by atoms with Crippen molar-refractivity contribution in [1.29, 1.82) is 0 Å². The van der Waals surface area contributed by atoms with E-state index >= 15 is 0 Å². The lowest BCUT2D eigenvalue weighted by molar-refractivity contribution is 0.0847. The zero-order valence-electron chi connectivity index (χ0n) is 10.5. The van der Waals surface area contributed by atoms with E-state index in [4.69, 9.17) is 4.74 Å². The molecule has 1 rings (SSSR count). The molecule has 4 unspecified atom stereocenters. The molecule has 90 valence electrons. The minimum atomic E-state index is 0.308. The summed E-state index contributed by atoms with van der Waals surface area (Å²) in [5, 5.41) is 4.57. The lowest BCUT2D eigenvalue weighted by atomic mass is 10.1. The third kappa shape index (κ3) is 4.33. The van der Waals surface area contributed by atoms with E-state index in [-0.39, 0.29) is 0 Å². The van der Waals surface area contributed by atoms with Crippen molar-refractivity contribution in [2.45, 2.75) is 63.5 Å². The fraction of sp³-hybridized carbons (Fsp3) is 1.00. The number of thioether (sulfide) groups is 1. The number of ether oxygens (including phenoxy) is 1. The third-order valence-electron chi connectivity index (χ3n) is 3.36. The van der Waals surface area contributed by atoms with Gasteiger partial charge in [-0.2, -0.15) is 11.8 Å². The van der Waals surface area contributed by atoms with E-state index in [9.17, 15) is 0 Å². The van der Waals surface area contributed by atoms with Gasteiger partial charge < -0.3 is 10.1 Å². The van der Waals surface area contributed by atoms with Gasteiger partial charge in [0.05, 0.1) is 6.10 Å². The van der Waals surface area contributed by atoms with E-state index in [0.29, 0.717) is 18.2 Å². The zero-order valence-corrected chi connectivity index (χ0v) is 11.3. The molecule has 2 nitrogen and oxygen atoms in total. The van der Waals surface area contributed by atoms with Gasteiger partial charge in [-0.15, -0.1) is 0 Å². The van der Waals surface area contributed by atoms with E-state index in [0.717, 1.165) is 5.25 Å². The van der Waals surface area contributed by atoms with Crippen LogP contribution < -0.4 is 5.32 Å². The first-order valence-corrected chi connectivity index (χ1v) is 7.12. The van der Waals surface area contributed by atoms with Gasteiger partial charge in [0.1, 0.15) is 0 Å². The van der Waals surface area contributed by atoms with Crippen molar-refractivity contribution in [3.8, 4) is 0 Å². The molecule has 1 fully saturated rings. The highest BCUT2D eigenvalue weighted by molar-refractivity contribution is 7.99. The Kier molecular flexibility index (Phi) is 6.02. The molecule has 3 heteroatoms. The van der Waals surface area contributed by atoms with Crippen LogP contribution in [0.15, 0.2) is 0 Å². The maximum Gasteiger partial charge on any atom is 0.0693 e. The largest absolute Gasteiger partial charge is 0.380 e. The Morgan fingerprint density at radius 3 is 2.73 bits per heavy atom. The standard InChI is InChI=1S/C12H25NOS/c1-5-15-12-7-6-11(8-12)13-9(2)10(3)14-4/h9-13H,5-8H2,1-4H3. The molecule has 0 heterocycles. The molecule has 0 aliphatic heterocycles. The molecular formula is C12H25NOS.